The second-order valence-electron chi connectivity index (χ2n) is 3.63. The monoisotopic (exact) mass is 168 g/mol. The van der Waals surface area contributed by atoms with Crippen LogP contribution in [0.1, 0.15) is 27.2 Å². The molecule has 0 saturated heterocycles. The molecule has 0 spiro atoms. The summed E-state index contributed by atoms with van der Waals surface area (Å²) in [5.74, 6) is 1.49. The lowest BCUT2D eigenvalue weighted by atomic mass is 9.91. The Morgan fingerprint density at radius 1 is 1.58 bits per heavy atom. The molecule has 12 heavy (non-hydrogen) atoms. The lowest BCUT2D eigenvalue weighted by molar-refractivity contribution is -0.211. The maximum atomic E-state index is 8.57. The summed E-state index contributed by atoms with van der Waals surface area (Å²) in [6.07, 6.45) is 5.09. The third-order valence-electron chi connectivity index (χ3n) is 2.27. The van der Waals surface area contributed by atoms with Gasteiger partial charge in [0.1, 0.15) is 5.76 Å². The topological polar surface area (TPSA) is 29.5 Å². The summed E-state index contributed by atoms with van der Waals surface area (Å²) >= 11 is 0. The van der Waals surface area contributed by atoms with Gasteiger partial charge in [0, 0.05) is 5.92 Å². The fourth-order valence-electron chi connectivity index (χ4n) is 1.31. The Kier molecular flexibility index (Phi) is 2.93. The average Bonchev–Trinajstić information content (AvgIpc) is 2.05. The van der Waals surface area contributed by atoms with Gasteiger partial charge in [-0.2, -0.15) is 0 Å². The highest BCUT2D eigenvalue weighted by Gasteiger charge is 2.16. The SMILES string of the molecule is CC(C)C1=CCC(C)C(OO)=C1. The largest absolute Gasteiger partial charge is 0.344 e. The van der Waals surface area contributed by atoms with Crippen molar-refractivity contribution in [3.05, 3.63) is 23.5 Å². The van der Waals surface area contributed by atoms with Gasteiger partial charge in [0.15, 0.2) is 0 Å². The Balaban J connectivity index is 2.77. The van der Waals surface area contributed by atoms with E-state index in [4.69, 9.17) is 5.26 Å². The number of rotatable bonds is 2. The molecule has 1 N–H and O–H groups in total. The smallest absolute Gasteiger partial charge is 0.145 e. The van der Waals surface area contributed by atoms with Gasteiger partial charge in [-0.3, -0.25) is 0 Å². The maximum absolute atomic E-state index is 8.57. The van der Waals surface area contributed by atoms with Crippen LogP contribution in [0.25, 0.3) is 0 Å². The first kappa shape index (κ1) is 9.33. The van der Waals surface area contributed by atoms with Crippen LogP contribution in [0, 0.1) is 11.8 Å². The predicted molar refractivity (Wildman–Crippen MR) is 48.5 cm³/mol. The Morgan fingerprint density at radius 2 is 2.25 bits per heavy atom. The first-order chi connectivity index (χ1) is 5.65. The molecular formula is C10H16O2. The third-order valence-corrected chi connectivity index (χ3v) is 2.27. The minimum Gasteiger partial charge on any atom is -0.344 e. The van der Waals surface area contributed by atoms with Gasteiger partial charge in [0.05, 0.1) is 0 Å². The maximum Gasteiger partial charge on any atom is 0.145 e. The molecule has 0 heterocycles. The van der Waals surface area contributed by atoms with Gasteiger partial charge in [0.2, 0.25) is 0 Å². The van der Waals surface area contributed by atoms with E-state index in [1.165, 1.54) is 5.57 Å². The standard InChI is InChI=1S/C10H16O2/c1-7(2)9-5-4-8(3)10(6-9)12-11/h5-8,11H,4H2,1-3H3. The Bertz CT molecular complexity index is 214. The van der Waals surface area contributed by atoms with Crippen LogP contribution in [0.2, 0.25) is 0 Å². The number of hydrogen-bond acceptors (Lipinski definition) is 2. The van der Waals surface area contributed by atoms with Crippen LogP contribution in [0.15, 0.2) is 23.5 Å². The quantitative estimate of drug-likeness (QED) is 0.507. The molecular weight excluding hydrogens is 152 g/mol. The summed E-state index contributed by atoms with van der Waals surface area (Å²) in [5.41, 5.74) is 1.25. The third kappa shape index (κ3) is 1.89. The lowest BCUT2D eigenvalue weighted by Gasteiger charge is -2.18. The zero-order valence-electron chi connectivity index (χ0n) is 7.87. The molecule has 0 radical (unpaired) electrons. The van der Waals surface area contributed by atoms with E-state index in [1.54, 1.807) is 0 Å². The summed E-state index contributed by atoms with van der Waals surface area (Å²) in [6, 6.07) is 0. The van der Waals surface area contributed by atoms with Gasteiger partial charge in [-0.05, 0) is 24.0 Å². The molecule has 68 valence electrons. The molecule has 0 fully saturated rings. The van der Waals surface area contributed by atoms with Crippen molar-refractivity contribution in [2.24, 2.45) is 11.8 Å². The second kappa shape index (κ2) is 3.76. The molecule has 2 heteroatoms. The van der Waals surface area contributed by atoms with Crippen molar-refractivity contribution in [3.63, 3.8) is 0 Å². The Morgan fingerprint density at radius 3 is 2.75 bits per heavy atom. The second-order valence-corrected chi connectivity index (χ2v) is 3.63. The highest BCUT2D eigenvalue weighted by atomic mass is 17.1. The zero-order chi connectivity index (χ0) is 9.14. The van der Waals surface area contributed by atoms with E-state index < -0.39 is 0 Å². The Labute approximate surface area is 73.5 Å². The molecule has 0 saturated carbocycles. The van der Waals surface area contributed by atoms with E-state index in [0.717, 1.165) is 6.42 Å². The average molecular weight is 168 g/mol. The Hall–Kier alpha value is -0.760. The molecule has 1 unspecified atom stereocenters. The van der Waals surface area contributed by atoms with Gasteiger partial charge < -0.3 is 4.89 Å². The van der Waals surface area contributed by atoms with E-state index in [9.17, 15) is 0 Å². The number of hydrogen-bond donors (Lipinski definition) is 1. The summed E-state index contributed by atoms with van der Waals surface area (Å²) in [5, 5.41) is 8.57. The van der Waals surface area contributed by atoms with Gasteiger partial charge >= 0.3 is 0 Å². The van der Waals surface area contributed by atoms with Gasteiger partial charge in [-0.25, -0.2) is 5.26 Å². The van der Waals surface area contributed by atoms with Crippen LogP contribution in [-0.2, 0) is 4.89 Å². The molecule has 0 amide bonds. The molecule has 1 rings (SSSR count). The first-order valence-corrected chi connectivity index (χ1v) is 4.38. The van der Waals surface area contributed by atoms with Crippen molar-refractivity contribution in [2.75, 3.05) is 0 Å². The molecule has 1 aliphatic rings. The molecule has 0 aliphatic heterocycles. The van der Waals surface area contributed by atoms with Crippen molar-refractivity contribution in [2.45, 2.75) is 27.2 Å². The zero-order valence-corrected chi connectivity index (χ0v) is 7.87. The van der Waals surface area contributed by atoms with Gasteiger partial charge in [-0.15, -0.1) is 0 Å². The number of allylic oxidation sites excluding steroid dienone is 4. The molecule has 2 nitrogen and oxygen atoms in total. The van der Waals surface area contributed by atoms with Crippen LogP contribution in [0.3, 0.4) is 0 Å². The van der Waals surface area contributed by atoms with E-state index in [1.807, 2.05) is 13.0 Å². The van der Waals surface area contributed by atoms with Crippen molar-refractivity contribution in [1.29, 1.82) is 0 Å². The van der Waals surface area contributed by atoms with Crippen LogP contribution >= 0.6 is 0 Å². The van der Waals surface area contributed by atoms with Crippen LogP contribution in [0.4, 0.5) is 0 Å². The molecule has 0 aromatic heterocycles. The minimum absolute atomic E-state index is 0.303. The summed E-state index contributed by atoms with van der Waals surface area (Å²) in [7, 11) is 0. The highest BCUT2D eigenvalue weighted by molar-refractivity contribution is 5.27. The highest BCUT2D eigenvalue weighted by Crippen LogP contribution is 2.27. The van der Waals surface area contributed by atoms with E-state index in [-0.39, 0.29) is 0 Å². The first-order valence-electron chi connectivity index (χ1n) is 4.38. The molecule has 0 aromatic rings. The van der Waals surface area contributed by atoms with Gasteiger partial charge in [-0.1, -0.05) is 26.8 Å². The molecule has 1 atom stereocenters. The summed E-state index contributed by atoms with van der Waals surface area (Å²) < 4.78 is 0. The molecule has 0 aromatic carbocycles. The fraction of sp³-hybridized carbons (Fsp3) is 0.600. The van der Waals surface area contributed by atoms with Crippen LogP contribution in [-0.4, -0.2) is 5.26 Å². The van der Waals surface area contributed by atoms with Crippen molar-refractivity contribution >= 4 is 0 Å². The van der Waals surface area contributed by atoms with Crippen molar-refractivity contribution < 1.29 is 10.1 Å². The van der Waals surface area contributed by atoms with E-state index in [0.29, 0.717) is 17.6 Å². The van der Waals surface area contributed by atoms with Crippen LogP contribution in [0.5, 0.6) is 0 Å². The lowest BCUT2D eigenvalue weighted by Crippen LogP contribution is -2.08. The summed E-state index contributed by atoms with van der Waals surface area (Å²) in [6.45, 7) is 6.30. The normalized spacial score (nSPS) is 23.6. The predicted octanol–water partition coefficient (Wildman–Crippen LogP) is 2.98. The fourth-order valence-corrected chi connectivity index (χ4v) is 1.31. The van der Waals surface area contributed by atoms with Crippen molar-refractivity contribution in [3.8, 4) is 0 Å². The van der Waals surface area contributed by atoms with E-state index >= 15 is 0 Å². The molecule has 0 bridgehead atoms. The van der Waals surface area contributed by atoms with Gasteiger partial charge in [0.25, 0.3) is 0 Å². The van der Waals surface area contributed by atoms with Crippen molar-refractivity contribution in [1.82, 2.24) is 0 Å². The summed E-state index contributed by atoms with van der Waals surface area (Å²) in [4.78, 5) is 4.30. The van der Waals surface area contributed by atoms with E-state index in [2.05, 4.69) is 24.8 Å². The van der Waals surface area contributed by atoms with Crippen LogP contribution < -0.4 is 0 Å². The molecule has 1 aliphatic carbocycles. The minimum atomic E-state index is 0.303.